The second kappa shape index (κ2) is 9.86. The Hall–Kier alpha value is -3.67. The van der Waals surface area contributed by atoms with Crippen LogP contribution < -0.4 is 10.1 Å². The zero-order chi connectivity index (χ0) is 23.3. The van der Waals surface area contributed by atoms with Crippen molar-refractivity contribution in [3.05, 3.63) is 84.2 Å². The second-order valence-electron chi connectivity index (χ2n) is 8.49. The van der Waals surface area contributed by atoms with E-state index >= 15 is 0 Å². The van der Waals surface area contributed by atoms with Gasteiger partial charge in [0.25, 0.3) is 5.91 Å². The van der Waals surface area contributed by atoms with E-state index in [9.17, 15) is 9.59 Å². The lowest BCUT2D eigenvalue weighted by atomic mass is 9.73. The first-order valence-corrected chi connectivity index (χ1v) is 11.2. The number of likely N-dealkylation sites (tertiary alicyclic amines) is 1. The maximum atomic E-state index is 13.3. The quantitative estimate of drug-likeness (QED) is 0.626. The van der Waals surface area contributed by atoms with Crippen LogP contribution >= 0.6 is 0 Å². The highest BCUT2D eigenvalue weighted by molar-refractivity contribution is 5.95. The first-order valence-electron chi connectivity index (χ1n) is 11.2. The van der Waals surface area contributed by atoms with E-state index in [2.05, 4.69) is 22.4 Å². The van der Waals surface area contributed by atoms with Gasteiger partial charge >= 0.3 is 0 Å². The molecule has 6 heteroatoms. The van der Waals surface area contributed by atoms with Crippen LogP contribution in [0.2, 0.25) is 0 Å². The molecular formula is C27H29N3O3. The van der Waals surface area contributed by atoms with Gasteiger partial charge in [-0.05, 0) is 66.3 Å². The fourth-order valence-electron chi connectivity index (χ4n) is 4.77. The third-order valence-corrected chi connectivity index (χ3v) is 6.43. The summed E-state index contributed by atoms with van der Waals surface area (Å²) in [6.45, 7) is 0.994. The molecule has 2 aromatic carbocycles. The zero-order valence-corrected chi connectivity index (χ0v) is 19.1. The number of rotatable bonds is 6. The van der Waals surface area contributed by atoms with Crippen LogP contribution in [0.15, 0.2) is 73.1 Å². The number of amides is 2. The van der Waals surface area contributed by atoms with Crippen molar-refractivity contribution < 1.29 is 14.3 Å². The summed E-state index contributed by atoms with van der Waals surface area (Å²) in [5, 5.41) is 2.87. The van der Waals surface area contributed by atoms with Crippen LogP contribution in [0, 0.1) is 5.41 Å². The highest BCUT2D eigenvalue weighted by atomic mass is 16.5. The fourth-order valence-corrected chi connectivity index (χ4v) is 4.77. The lowest BCUT2D eigenvalue weighted by Gasteiger charge is -2.42. The summed E-state index contributed by atoms with van der Waals surface area (Å²) >= 11 is 0. The van der Waals surface area contributed by atoms with Crippen LogP contribution in [0.1, 0.15) is 28.8 Å². The molecule has 2 amide bonds. The number of aromatic nitrogens is 1. The minimum absolute atomic E-state index is 0.0322. The van der Waals surface area contributed by atoms with Crippen molar-refractivity contribution in [3.63, 3.8) is 0 Å². The number of carbonyl (C=O) groups is 2. The molecule has 1 aliphatic rings. The molecule has 6 nitrogen and oxygen atoms in total. The maximum Gasteiger partial charge on any atom is 0.254 e. The molecule has 0 aliphatic carbocycles. The summed E-state index contributed by atoms with van der Waals surface area (Å²) in [4.78, 5) is 32.5. The number of carbonyl (C=O) groups excluding carboxylic acids is 2. The van der Waals surface area contributed by atoms with Gasteiger partial charge in [0.15, 0.2) is 0 Å². The molecule has 0 unspecified atom stereocenters. The van der Waals surface area contributed by atoms with Gasteiger partial charge in [-0.25, -0.2) is 0 Å². The van der Waals surface area contributed by atoms with Crippen LogP contribution in [0.4, 0.5) is 0 Å². The molecule has 170 valence electrons. The van der Waals surface area contributed by atoms with Crippen molar-refractivity contribution in [2.75, 3.05) is 27.2 Å². The highest BCUT2D eigenvalue weighted by Gasteiger charge is 2.43. The Labute approximate surface area is 194 Å². The fraction of sp³-hybridized carbons (Fsp3) is 0.296. The maximum absolute atomic E-state index is 13.3. The molecule has 1 fully saturated rings. The summed E-state index contributed by atoms with van der Waals surface area (Å²) in [5.74, 6) is 0.529. The van der Waals surface area contributed by atoms with Gasteiger partial charge in [-0.1, -0.05) is 30.3 Å². The number of benzene rings is 2. The summed E-state index contributed by atoms with van der Waals surface area (Å²) in [6, 6.07) is 19.3. The van der Waals surface area contributed by atoms with Gasteiger partial charge < -0.3 is 15.0 Å². The molecule has 33 heavy (non-hydrogen) atoms. The zero-order valence-electron chi connectivity index (χ0n) is 19.1. The Morgan fingerprint density at radius 3 is 2.64 bits per heavy atom. The van der Waals surface area contributed by atoms with E-state index in [1.54, 1.807) is 38.7 Å². The Kier molecular flexibility index (Phi) is 6.73. The standard InChI is InChI=1S/C27H29N3O3/c1-28-26(32)27(18-22-7-3-4-10-24(22)20-11-14-29-15-12-20)13-6-16-30(19-27)25(31)21-8-5-9-23(17-21)33-2/h3-5,7-12,14-15,17H,6,13,16,18-19H2,1-2H3,(H,28,32)/t27-/m1/s1. The number of hydrogen-bond donors (Lipinski definition) is 1. The minimum atomic E-state index is -0.704. The number of nitrogens with zero attached hydrogens (tertiary/aromatic N) is 2. The topological polar surface area (TPSA) is 71.5 Å². The van der Waals surface area contributed by atoms with Gasteiger partial charge in [-0.3, -0.25) is 14.6 Å². The molecule has 0 radical (unpaired) electrons. The Bertz CT molecular complexity index is 1130. The van der Waals surface area contributed by atoms with Gasteiger partial charge in [-0.2, -0.15) is 0 Å². The molecule has 1 aromatic heterocycles. The Balaban J connectivity index is 1.66. The third kappa shape index (κ3) is 4.75. The van der Waals surface area contributed by atoms with Crippen molar-refractivity contribution in [2.24, 2.45) is 5.41 Å². The lowest BCUT2D eigenvalue weighted by molar-refractivity contribution is -0.133. The number of pyridine rings is 1. The third-order valence-electron chi connectivity index (χ3n) is 6.43. The molecule has 1 saturated heterocycles. The van der Waals surface area contributed by atoms with Crippen LogP contribution in [0.5, 0.6) is 5.75 Å². The average molecular weight is 444 g/mol. The van der Waals surface area contributed by atoms with Crippen molar-refractivity contribution >= 4 is 11.8 Å². The summed E-state index contributed by atoms with van der Waals surface area (Å²) < 4.78 is 5.28. The van der Waals surface area contributed by atoms with Crippen LogP contribution in [0.25, 0.3) is 11.1 Å². The number of ether oxygens (including phenoxy) is 1. The monoisotopic (exact) mass is 443 g/mol. The molecular weight excluding hydrogens is 414 g/mol. The van der Waals surface area contributed by atoms with Crippen molar-refractivity contribution in [2.45, 2.75) is 19.3 Å². The average Bonchev–Trinajstić information content (AvgIpc) is 2.88. The molecule has 1 N–H and O–H groups in total. The predicted molar refractivity (Wildman–Crippen MR) is 128 cm³/mol. The van der Waals surface area contributed by atoms with Crippen molar-refractivity contribution in [3.8, 4) is 16.9 Å². The first-order chi connectivity index (χ1) is 16.1. The van der Waals surface area contributed by atoms with E-state index < -0.39 is 5.41 Å². The minimum Gasteiger partial charge on any atom is -0.497 e. The predicted octanol–water partition coefficient (Wildman–Crippen LogP) is 3.97. The van der Waals surface area contributed by atoms with Crippen LogP contribution in [-0.4, -0.2) is 48.9 Å². The SMILES string of the molecule is CNC(=O)[C@@]1(Cc2ccccc2-c2ccncc2)CCCN(C(=O)c2cccc(OC)c2)C1. The smallest absolute Gasteiger partial charge is 0.254 e. The molecule has 4 rings (SSSR count). The summed E-state index contributed by atoms with van der Waals surface area (Å²) in [6.07, 6.45) is 5.58. The Morgan fingerprint density at radius 2 is 1.88 bits per heavy atom. The number of hydrogen-bond acceptors (Lipinski definition) is 4. The van der Waals surface area contributed by atoms with Gasteiger partial charge in [0.1, 0.15) is 5.75 Å². The van der Waals surface area contributed by atoms with E-state index in [0.717, 1.165) is 29.5 Å². The van der Waals surface area contributed by atoms with E-state index in [1.807, 2.05) is 41.3 Å². The molecule has 0 spiro atoms. The van der Waals surface area contributed by atoms with E-state index in [-0.39, 0.29) is 11.8 Å². The first kappa shape index (κ1) is 22.5. The van der Waals surface area contributed by atoms with Gasteiger partial charge in [0.05, 0.1) is 12.5 Å². The van der Waals surface area contributed by atoms with E-state index in [4.69, 9.17) is 4.74 Å². The molecule has 1 aliphatic heterocycles. The summed E-state index contributed by atoms with van der Waals surface area (Å²) in [7, 11) is 3.25. The Morgan fingerprint density at radius 1 is 1.09 bits per heavy atom. The lowest BCUT2D eigenvalue weighted by Crippen LogP contribution is -2.54. The largest absolute Gasteiger partial charge is 0.497 e. The molecule has 1 atom stereocenters. The van der Waals surface area contributed by atoms with Crippen molar-refractivity contribution in [1.29, 1.82) is 0 Å². The van der Waals surface area contributed by atoms with Gasteiger partial charge in [0.2, 0.25) is 5.91 Å². The summed E-state index contributed by atoms with van der Waals surface area (Å²) in [5.41, 5.74) is 3.10. The number of methoxy groups -OCH3 is 1. The van der Waals surface area contributed by atoms with Crippen molar-refractivity contribution in [1.82, 2.24) is 15.2 Å². The van der Waals surface area contributed by atoms with E-state index in [1.165, 1.54) is 0 Å². The van der Waals surface area contributed by atoms with E-state index in [0.29, 0.717) is 30.8 Å². The second-order valence-corrected chi connectivity index (χ2v) is 8.49. The van der Waals surface area contributed by atoms with Crippen LogP contribution in [0.3, 0.4) is 0 Å². The van der Waals surface area contributed by atoms with Gasteiger partial charge in [-0.15, -0.1) is 0 Å². The normalized spacial score (nSPS) is 17.9. The van der Waals surface area contributed by atoms with Crippen LogP contribution in [-0.2, 0) is 11.2 Å². The highest BCUT2D eigenvalue weighted by Crippen LogP contribution is 2.37. The molecule has 3 aromatic rings. The molecule has 0 bridgehead atoms. The van der Waals surface area contributed by atoms with Gasteiger partial charge in [0, 0.05) is 38.1 Å². The molecule has 0 saturated carbocycles. The molecule has 2 heterocycles. The number of nitrogens with one attached hydrogen (secondary N) is 1. The number of piperidine rings is 1.